The van der Waals surface area contributed by atoms with Gasteiger partial charge in [0.15, 0.2) is 0 Å². The predicted octanol–water partition coefficient (Wildman–Crippen LogP) is 21.4. The number of hydrogen-bond donors (Lipinski definition) is 0. The van der Waals surface area contributed by atoms with E-state index in [1.54, 1.807) is 6.07 Å². The van der Waals surface area contributed by atoms with Gasteiger partial charge in [-0.25, -0.2) is 4.39 Å². The van der Waals surface area contributed by atoms with Crippen LogP contribution in [-0.4, -0.2) is 0 Å². The highest BCUT2D eigenvalue weighted by Crippen LogP contribution is 2.34. The molecular formula is C62H108ClF. The summed E-state index contributed by atoms with van der Waals surface area (Å²) >= 11 is 6.32. The zero-order chi connectivity index (χ0) is 46.5. The molecule has 0 N–H and O–H groups in total. The van der Waals surface area contributed by atoms with Crippen molar-refractivity contribution >= 4 is 11.6 Å². The van der Waals surface area contributed by atoms with Gasteiger partial charge in [0.1, 0.15) is 5.82 Å². The highest BCUT2D eigenvalue weighted by molar-refractivity contribution is 6.31. The Balaban J connectivity index is -0.000000236. The van der Waals surface area contributed by atoms with E-state index in [-0.39, 0.29) is 86.3 Å². The van der Waals surface area contributed by atoms with Gasteiger partial charge in [0.25, 0.3) is 0 Å². The Morgan fingerprint density at radius 2 is 0.531 bits per heavy atom. The molecule has 0 radical (unpaired) electrons. The van der Waals surface area contributed by atoms with Crippen molar-refractivity contribution in [2.45, 2.75) is 254 Å². The van der Waals surface area contributed by atoms with Gasteiger partial charge < -0.3 is 0 Å². The maximum absolute atomic E-state index is 13.9. The van der Waals surface area contributed by atoms with E-state index in [4.69, 9.17) is 11.6 Å². The van der Waals surface area contributed by atoms with E-state index in [0.717, 1.165) is 16.1 Å². The minimum Gasteiger partial charge on any atom is -0.207 e. The zero-order valence-corrected chi connectivity index (χ0v) is 43.5. The molecule has 0 bridgehead atoms. The van der Waals surface area contributed by atoms with Crippen LogP contribution in [0.15, 0.2) is 78.9 Å². The highest BCUT2D eigenvalue weighted by Gasteiger charge is 2.23. The SMILES string of the molecule is C.C.C.C.C.CC(C)(C)c1ccc(C(C)(C)C)c(Cl)c1.CC(C)(C)c1ccc(C(C)(C)C)c(F)c1.CC(C)(C)c1ccc(C(C)(C)C)cc1.Cc1cc(C(C)(C)C)ccc1C(C)(C)C. The second-order valence-electron chi connectivity index (χ2n) is 25.0. The molecule has 0 saturated heterocycles. The lowest BCUT2D eigenvalue weighted by Gasteiger charge is -2.25. The number of aryl methyl sites for hydroxylation is 1. The van der Waals surface area contributed by atoms with Gasteiger partial charge in [-0.2, -0.15) is 0 Å². The molecule has 4 aromatic rings. The Morgan fingerprint density at radius 1 is 0.297 bits per heavy atom. The van der Waals surface area contributed by atoms with Crippen molar-refractivity contribution in [2.24, 2.45) is 0 Å². The van der Waals surface area contributed by atoms with Crippen LogP contribution in [0.4, 0.5) is 4.39 Å². The van der Waals surface area contributed by atoms with Gasteiger partial charge in [0.05, 0.1) is 0 Å². The molecule has 0 aliphatic carbocycles. The van der Waals surface area contributed by atoms with Gasteiger partial charge >= 0.3 is 0 Å². The molecule has 4 aromatic carbocycles. The fourth-order valence-corrected chi connectivity index (χ4v) is 7.09. The zero-order valence-electron chi connectivity index (χ0n) is 42.8. The normalized spacial score (nSPS) is 12.0. The third-order valence-corrected chi connectivity index (χ3v) is 11.1. The fraction of sp³-hybridized carbons (Fsp3) is 0.613. The number of halogens is 2. The summed E-state index contributed by atoms with van der Waals surface area (Å²) in [6.07, 6.45) is 0. The first-order valence-corrected chi connectivity index (χ1v) is 22.3. The minimum atomic E-state index is -0.125. The molecule has 2 heteroatoms. The third kappa shape index (κ3) is 22.5. The van der Waals surface area contributed by atoms with Crippen LogP contribution >= 0.6 is 11.6 Å². The van der Waals surface area contributed by atoms with Crippen LogP contribution in [0.25, 0.3) is 0 Å². The second-order valence-corrected chi connectivity index (χ2v) is 25.4. The Kier molecular flexibility index (Phi) is 27.7. The lowest BCUT2D eigenvalue weighted by Crippen LogP contribution is -2.16. The van der Waals surface area contributed by atoms with E-state index in [1.807, 2.05) is 32.9 Å². The fourth-order valence-electron chi connectivity index (χ4n) is 6.62. The van der Waals surface area contributed by atoms with Crippen molar-refractivity contribution in [3.05, 3.63) is 140 Å². The molecule has 370 valence electrons. The number of rotatable bonds is 0. The molecule has 64 heavy (non-hydrogen) atoms. The standard InChI is InChI=1S/C15H24.C14H21Cl.C14H21F.C14H22.5CH4/c1-11-10-12(14(2,3)4)8-9-13(11)15(5,6)7;2*1-13(2,3)10-7-8-11(12(15)9-10)14(4,5)6;1-13(2,3)11-7-9-12(10-8-11)14(4,5)6;;;;;/h8-10H,1-7H3;2*7-9H,1-6H3;7-10H,1-6H3;5*1H4. The summed E-state index contributed by atoms with van der Waals surface area (Å²) in [5.74, 6) is -0.0880. The van der Waals surface area contributed by atoms with Crippen LogP contribution < -0.4 is 0 Å². The van der Waals surface area contributed by atoms with Crippen molar-refractivity contribution in [1.29, 1.82) is 0 Å². The van der Waals surface area contributed by atoms with E-state index in [2.05, 4.69) is 213 Å². The van der Waals surface area contributed by atoms with Gasteiger partial charge in [-0.1, -0.05) is 282 Å². The van der Waals surface area contributed by atoms with Gasteiger partial charge in [0, 0.05) is 5.02 Å². The molecule has 0 unspecified atom stereocenters. The van der Waals surface area contributed by atoms with E-state index in [9.17, 15) is 4.39 Å². The van der Waals surface area contributed by atoms with Crippen LogP contribution in [0.3, 0.4) is 0 Å². The molecule has 0 amide bonds. The van der Waals surface area contributed by atoms with Crippen LogP contribution in [0.2, 0.25) is 5.02 Å². The average molecular weight is 908 g/mol. The molecular weight excluding hydrogens is 799 g/mol. The molecule has 0 aliphatic rings. The van der Waals surface area contributed by atoms with E-state index in [1.165, 1.54) is 38.9 Å². The van der Waals surface area contributed by atoms with Crippen molar-refractivity contribution in [3.8, 4) is 0 Å². The van der Waals surface area contributed by atoms with Crippen molar-refractivity contribution in [1.82, 2.24) is 0 Å². The first-order chi connectivity index (χ1) is 26.1. The van der Waals surface area contributed by atoms with Gasteiger partial charge in [0.2, 0.25) is 0 Å². The molecule has 4 rings (SSSR count). The maximum Gasteiger partial charge on any atom is 0.127 e. The summed E-state index contributed by atoms with van der Waals surface area (Å²) in [6.45, 7) is 54.9. The molecule has 0 aromatic heterocycles. The molecule has 0 nitrogen and oxygen atoms in total. The average Bonchev–Trinajstić information content (AvgIpc) is 3.02. The summed E-state index contributed by atoms with van der Waals surface area (Å²) in [4.78, 5) is 0. The Morgan fingerprint density at radius 3 is 0.766 bits per heavy atom. The molecule has 0 heterocycles. The Hall–Kier alpha value is -2.90. The smallest absolute Gasteiger partial charge is 0.127 e. The summed E-state index contributed by atoms with van der Waals surface area (Å²) in [7, 11) is 0. The number of benzene rings is 4. The van der Waals surface area contributed by atoms with Gasteiger partial charge in [-0.15, -0.1) is 0 Å². The predicted molar refractivity (Wildman–Crippen MR) is 299 cm³/mol. The van der Waals surface area contributed by atoms with Gasteiger partial charge in [-0.05, 0) is 112 Å². The van der Waals surface area contributed by atoms with Crippen LogP contribution in [0.1, 0.15) is 253 Å². The minimum absolute atomic E-state index is 0. The van der Waals surface area contributed by atoms with E-state index in [0.29, 0.717) is 0 Å². The van der Waals surface area contributed by atoms with Crippen LogP contribution in [0.5, 0.6) is 0 Å². The maximum atomic E-state index is 13.9. The number of hydrogen-bond acceptors (Lipinski definition) is 0. The summed E-state index contributed by atoms with van der Waals surface area (Å²) in [5, 5.41) is 0.884. The van der Waals surface area contributed by atoms with Crippen LogP contribution in [0, 0.1) is 12.7 Å². The second kappa shape index (κ2) is 25.3. The Labute approximate surface area is 407 Å². The highest BCUT2D eigenvalue weighted by atomic mass is 35.5. The lowest BCUT2D eigenvalue weighted by molar-refractivity contribution is 0.513. The largest absolute Gasteiger partial charge is 0.207 e. The molecule has 0 atom stereocenters. The third-order valence-electron chi connectivity index (χ3n) is 10.8. The quantitative estimate of drug-likeness (QED) is 0.165. The monoisotopic (exact) mass is 907 g/mol. The Bertz CT molecular complexity index is 1710. The summed E-state index contributed by atoms with van der Waals surface area (Å²) in [5.41, 5.74) is 12.6. The lowest BCUT2D eigenvalue weighted by atomic mass is 9.80. The molecule has 0 aliphatic heterocycles. The van der Waals surface area contributed by atoms with Crippen molar-refractivity contribution in [2.75, 3.05) is 0 Å². The molecule has 0 saturated carbocycles. The molecule has 0 fully saturated rings. The van der Waals surface area contributed by atoms with Gasteiger partial charge in [-0.3, -0.25) is 0 Å². The molecule has 0 spiro atoms. The van der Waals surface area contributed by atoms with Crippen LogP contribution in [-0.2, 0) is 43.3 Å². The van der Waals surface area contributed by atoms with E-state index < -0.39 is 0 Å². The first-order valence-electron chi connectivity index (χ1n) is 21.9. The van der Waals surface area contributed by atoms with E-state index >= 15 is 0 Å². The topological polar surface area (TPSA) is 0 Å². The van der Waals surface area contributed by atoms with Crippen molar-refractivity contribution in [3.63, 3.8) is 0 Å². The summed E-state index contributed by atoms with van der Waals surface area (Å²) in [6, 6.07) is 27.9. The van der Waals surface area contributed by atoms with Crippen molar-refractivity contribution < 1.29 is 4.39 Å². The summed E-state index contributed by atoms with van der Waals surface area (Å²) < 4.78 is 13.9. The first kappa shape index (κ1) is 70.1.